The molecule has 0 aliphatic heterocycles. The summed E-state index contributed by atoms with van der Waals surface area (Å²) in [6.07, 6.45) is 0.198. The van der Waals surface area contributed by atoms with Gasteiger partial charge in [-0.25, -0.2) is 8.42 Å². The second-order valence-electron chi connectivity index (χ2n) is 10.6. The first-order valence-electron chi connectivity index (χ1n) is 14.7. The standard InChI is InChI=1S/C35H38ClN3O6S/c1-5-37-35(41)31(21-26-11-7-6-8-12-26)38(23-27-13-9-10-14-30(27)36)34(40)24-39(28-17-20-32(44-3)33(22-28)45-4)46(42,43)29-18-15-25(2)16-19-29/h6-20,22,31H,5,21,23-24H2,1-4H3,(H,37,41)/t31-/m0/s1. The van der Waals surface area contributed by atoms with Crippen LogP contribution in [0.1, 0.15) is 23.6 Å². The number of sulfonamides is 1. The molecule has 0 bridgehead atoms. The van der Waals surface area contributed by atoms with Crippen molar-refractivity contribution in [3.8, 4) is 11.5 Å². The molecule has 0 aliphatic carbocycles. The third-order valence-electron chi connectivity index (χ3n) is 7.46. The topological polar surface area (TPSA) is 105 Å². The molecule has 0 radical (unpaired) electrons. The Morgan fingerprint density at radius 2 is 1.52 bits per heavy atom. The van der Waals surface area contributed by atoms with E-state index in [4.69, 9.17) is 21.1 Å². The van der Waals surface area contributed by atoms with Crippen LogP contribution in [0.2, 0.25) is 5.02 Å². The number of benzene rings is 4. The van der Waals surface area contributed by atoms with E-state index in [2.05, 4.69) is 5.32 Å². The number of amides is 2. The lowest BCUT2D eigenvalue weighted by Crippen LogP contribution is -2.53. The smallest absolute Gasteiger partial charge is 0.264 e. The summed E-state index contributed by atoms with van der Waals surface area (Å²) in [6.45, 7) is 3.35. The molecule has 242 valence electrons. The normalized spacial score (nSPS) is 11.8. The molecule has 0 saturated carbocycles. The molecule has 0 spiro atoms. The van der Waals surface area contributed by atoms with E-state index in [1.165, 1.54) is 37.3 Å². The Morgan fingerprint density at radius 1 is 0.870 bits per heavy atom. The molecular weight excluding hydrogens is 626 g/mol. The molecule has 0 saturated heterocycles. The number of carbonyl (C=O) groups excluding carboxylic acids is 2. The fourth-order valence-corrected chi connectivity index (χ4v) is 6.60. The predicted octanol–water partition coefficient (Wildman–Crippen LogP) is 5.64. The monoisotopic (exact) mass is 663 g/mol. The number of carbonyl (C=O) groups is 2. The first-order chi connectivity index (χ1) is 22.1. The van der Waals surface area contributed by atoms with E-state index in [9.17, 15) is 18.0 Å². The molecule has 1 atom stereocenters. The zero-order valence-electron chi connectivity index (χ0n) is 26.3. The Kier molecular flexibility index (Phi) is 11.7. The van der Waals surface area contributed by atoms with Crippen molar-refractivity contribution >= 4 is 39.1 Å². The maximum atomic E-state index is 14.5. The minimum absolute atomic E-state index is 0.00269. The third kappa shape index (κ3) is 8.18. The third-order valence-corrected chi connectivity index (χ3v) is 9.62. The number of halogens is 1. The van der Waals surface area contributed by atoms with Crippen LogP contribution in [-0.2, 0) is 32.6 Å². The van der Waals surface area contributed by atoms with Crippen LogP contribution in [-0.4, -0.2) is 58.5 Å². The molecule has 11 heteroatoms. The second-order valence-corrected chi connectivity index (χ2v) is 12.8. The fourth-order valence-electron chi connectivity index (χ4n) is 5.00. The van der Waals surface area contributed by atoms with Gasteiger partial charge >= 0.3 is 0 Å². The number of anilines is 1. The maximum Gasteiger partial charge on any atom is 0.264 e. The number of ether oxygens (including phenoxy) is 2. The molecule has 0 aromatic heterocycles. The molecule has 9 nitrogen and oxygen atoms in total. The molecule has 0 fully saturated rings. The van der Waals surface area contributed by atoms with Gasteiger partial charge in [-0.1, -0.05) is 77.8 Å². The van der Waals surface area contributed by atoms with E-state index in [0.29, 0.717) is 22.9 Å². The Hall–Kier alpha value is -4.54. The van der Waals surface area contributed by atoms with Gasteiger partial charge in [0.05, 0.1) is 24.8 Å². The van der Waals surface area contributed by atoms with E-state index >= 15 is 0 Å². The minimum Gasteiger partial charge on any atom is -0.493 e. The summed E-state index contributed by atoms with van der Waals surface area (Å²) in [4.78, 5) is 29.6. The number of rotatable bonds is 14. The number of nitrogens with zero attached hydrogens (tertiary/aromatic N) is 2. The van der Waals surface area contributed by atoms with Gasteiger partial charge in [0.25, 0.3) is 10.0 Å². The average molecular weight is 664 g/mol. The van der Waals surface area contributed by atoms with E-state index in [-0.39, 0.29) is 35.2 Å². The van der Waals surface area contributed by atoms with Crippen molar-refractivity contribution < 1.29 is 27.5 Å². The van der Waals surface area contributed by atoms with Crippen molar-refractivity contribution in [2.75, 3.05) is 31.6 Å². The molecule has 4 aromatic rings. The molecule has 0 heterocycles. The summed E-state index contributed by atoms with van der Waals surface area (Å²) in [5.74, 6) is -0.290. The number of nitrogens with one attached hydrogen (secondary N) is 1. The van der Waals surface area contributed by atoms with Gasteiger partial charge in [-0.2, -0.15) is 0 Å². The van der Waals surface area contributed by atoms with Gasteiger partial charge in [-0.05, 0) is 55.3 Å². The Morgan fingerprint density at radius 3 is 2.15 bits per heavy atom. The highest BCUT2D eigenvalue weighted by atomic mass is 35.5. The largest absolute Gasteiger partial charge is 0.493 e. The van der Waals surface area contributed by atoms with Crippen LogP contribution >= 0.6 is 11.6 Å². The van der Waals surface area contributed by atoms with Crippen LogP contribution in [0.4, 0.5) is 5.69 Å². The average Bonchev–Trinajstić information content (AvgIpc) is 3.06. The summed E-state index contributed by atoms with van der Waals surface area (Å²) in [5.41, 5.74) is 2.50. The van der Waals surface area contributed by atoms with Crippen molar-refractivity contribution in [1.82, 2.24) is 10.2 Å². The van der Waals surface area contributed by atoms with E-state index in [1.807, 2.05) is 37.3 Å². The van der Waals surface area contributed by atoms with Gasteiger partial charge in [0.2, 0.25) is 11.8 Å². The number of methoxy groups -OCH3 is 2. The van der Waals surface area contributed by atoms with E-state index < -0.39 is 28.5 Å². The molecule has 0 unspecified atom stereocenters. The molecule has 0 aliphatic rings. The van der Waals surface area contributed by atoms with Gasteiger partial charge in [0.1, 0.15) is 12.6 Å². The van der Waals surface area contributed by atoms with Gasteiger partial charge < -0.3 is 19.7 Å². The van der Waals surface area contributed by atoms with Crippen LogP contribution in [0, 0.1) is 6.92 Å². The lowest BCUT2D eigenvalue weighted by atomic mass is 10.0. The highest BCUT2D eigenvalue weighted by Gasteiger charge is 2.35. The van der Waals surface area contributed by atoms with Crippen LogP contribution in [0.15, 0.2) is 102 Å². The molecule has 1 N–H and O–H groups in total. The van der Waals surface area contributed by atoms with Crippen LogP contribution in [0.5, 0.6) is 11.5 Å². The quantitative estimate of drug-likeness (QED) is 0.187. The predicted molar refractivity (Wildman–Crippen MR) is 180 cm³/mol. The Balaban J connectivity index is 1.84. The summed E-state index contributed by atoms with van der Waals surface area (Å²) < 4.78 is 40.3. The van der Waals surface area contributed by atoms with Gasteiger partial charge in [-0.3, -0.25) is 13.9 Å². The maximum absolute atomic E-state index is 14.5. The fraction of sp³-hybridized carbons (Fsp3) is 0.257. The lowest BCUT2D eigenvalue weighted by Gasteiger charge is -2.34. The zero-order chi connectivity index (χ0) is 33.3. The minimum atomic E-state index is -4.28. The van der Waals surface area contributed by atoms with E-state index in [0.717, 1.165) is 15.4 Å². The number of likely N-dealkylation sites (N-methyl/N-ethyl adjacent to an activating group) is 1. The second kappa shape index (κ2) is 15.6. The SMILES string of the molecule is CCNC(=O)[C@H](Cc1ccccc1)N(Cc1ccccc1Cl)C(=O)CN(c1ccc(OC)c(OC)c1)S(=O)(=O)c1ccc(C)cc1. The van der Waals surface area contributed by atoms with E-state index in [1.54, 1.807) is 55.5 Å². The summed E-state index contributed by atoms with van der Waals surface area (Å²) in [5, 5.41) is 3.26. The van der Waals surface area contributed by atoms with Crippen molar-refractivity contribution in [2.45, 2.75) is 37.8 Å². The zero-order valence-corrected chi connectivity index (χ0v) is 27.8. The molecule has 4 aromatic carbocycles. The first kappa shape index (κ1) is 34.3. The van der Waals surface area contributed by atoms with Gasteiger partial charge in [0, 0.05) is 30.6 Å². The lowest BCUT2D eigenvalue weighted by molar-refractivity contribution is -0.140. The summed E-state index contributed by atoms with van der Waals surface area (Å²) >= 11 is 6.54. The van der Waals surface area contributed by atoms with Crippen LogP contribution in [0.25, 0.3) is 0 Å². The van der Waals surface area contributed by atoms with Gasteiger partial charge in [0.15, 0.2) is 11.5 Å². The van der Waals surface area contributed by atoms with Crippen molar-refractivity contribution in [3.63, 3.8) is 0 Å². The van der Waals surface area contributed by atoms with Crippen molar-refractivity contribution in [2.24, 2.45) is 0 Å². The van der Waals surface area contributed by atoms with Crippen molar-refractivity contribution in [3.05, 3.63) is 119 Å². The van der Waals surface area contributed by atoms with Crippen molar-refractivity contribution in [1.29, 1.82) is 0 Å². The number of hydrogen-bond acceptors (Lipinski definition) is 6. The summed E-state index contributed by atoms with van der Waals surface area (Å²) in [6, 6.07) is 26.4. The van der Waals surface area contributed by atoms with Gasteiger partial charge in [-0.15, -0.1) is 0 Å². The molecule has 2 amide bonds. The molecule has 46 heavy (non-hydrogen) atoms. The number of aryl methyl sites for hydroxylation is 1. The van der Waals surface area contributed by atoms with Crippen LogP contribution < -0.4 is 19.1 Å². The number of hydrogen-bond donors (Lipinski definition) is 1. The molecular formula is C35H38ClN3O6S. The molecule has 4 rings (SSSR count). The summed E-state index contributed by atoms with van der Waals surface area (Å²) in [7, 11) is -1.36. The Labute approximate surface area is 275 Å². The highest BCUT2D eigenvalue weighted by molar-refractivity contribution is 7.92. The highest BCUT2D eigenvalue weighted by Crippen LogP contribution is 2.34. The first-order valence-corrected chi connectivity index (χ1v) is 16.6. The Bertz CT molecular complexity index is 1750. The van der Waals surface area contributed by atoms with Crippen LogP contribution in [0.3, 0.4) is 0 Å².